The highest BCUT2D eigenvalue weighted by Gasteiger charge is 2.29. The highest BCUT2D eigenvalue weighted by atomic mass is 31.2. The number of benzene rings is 2. The van der Waals surface area contributed by atoms with Crippen molar-refractivity contribution in [1.82, 2.24) is 0 Å². The molecule has 0 aliphatic carbocycles. The first-order valence-corrected chi connectivity index (χ1v) is 9.09. The van der Waals surface area contributed by atoms with E-state index < -0.39 is 7.14 Å². The number of rotatable bonds is 6. The largest absolute Gasteiger partial charge is 0.309 e. The molecule has 1 nitrogen and oxygen atoms in total. The number of allylic oxidation sites excluding steroid dienone is 5. The summed E-state index contributed by atoms with van der Waals surface area (Å²) in [7, 11) is -2.87. The Bertz CT molecular complexity index is 668. The lowest BCUT2D eigenvalue weighted by molar-refractivity contribution is 0.591. The Labute approximate surface area is 133 Å². The van der Waals surface area contributed by atoms with Crippen LogP contribution in [0.25, 0.3) is 0 Å². The fourth-order valence-electron chi connectivity index (χ4n) is 2.39. The summed E-state index contributed by atoms with van der Waals surface area (Å²) >= 11 is 0. The van der Waals surface area contributed by atoms with E-state index in [0.29, 0.717) is 0 Å². The van der Waals surface area contributed by atoms with Gasteiger partial charge >= 0.3 is 0 Å². The summed E-state index contributed by atoms with van der Waals surface area (Å²) in [6.45, 7) is 5.87. The molecular formula is C20H21OP. The average molecular weight is 308 g/mol. The normalized spacial score (nSPS) is 12.5. The van der Waals surface area contributed by atoms with Gasteiger partial charge in [0.2, 0.25) is 0 Å². The van der Waals surface area contributed by atoms with Crippen molar-refractivity contribution in [2.24, 2.45) is 0 Å². The van der Waals surface area contributed by atoms with Crippen LogP contribution in [0, 0.1) is 0 Å². The zero-order valence-corrected chi connectivity index (χ0v) is 13.7. The Balaban J connectivity index is 2.63. The van der Waals surface area contributed by atoms with E-state index >= 15 is 0 Å². The molecule has 0 radical (unpaired) electrons. The van der Waals surface area contributed by atoms with Crippen LogP contribution in [0.15, 0.2) is 96.9 Å². The average Bonchev–Trinajstić information content (AvgIpc) is 2.60. The summed E-state index contributed by atoms with van der Waals surface area (Å²) < 4.78 is 14.0. The van der Waals surface area contributed by atoms with E-state index in [-0.39, 0.29) is 0 Å². The van der Waals surface area contributed by atoms with Gasteiger partial charge in [-0.3, -0.25) is 0 Å². The minimum Gasteiger partial charge on any atom is -0.309 e. The zero-order valence-electron chi connectivity index (χ0n) is 12.9. The first-order chi connectivity index (χ1) is 10.7. The lowest BCUT2D eigenvalue weighted by Crippen LogP contribution is -2.16. The van der Waals surface area contributed by atoms with Crippen LogP contribution in [0.5, 0.6) is 0 Å². The second-order valence-electron chi connectivity index (χ2n) is 4.92. The van der Waals surface area contributed by atoms with Gasteiger partial charge in [0, 0.05) is 15.9 Å². The smallest absolute Gasteiger partial charge is 0.170 e. The summed E-state index contributed by atoms with van der Waals surface area (Å²) in [5.41, 5.74) is 0. The van der Waals surface area contributed by atoms with Gasteiger partial charge in [-0.15, -0.1) is 0 Å². The molecule has 0 bridgehead atoms. The molecule has 0 heterocycles. The lowest BCUT2D eigenvalue weighted by atomic mass is 10.3. The first kappa shape index (κ1) is 16.3. The molecule has 0 saturated carbocycles. The molecule has 0 aromatic heterocycles. The van der Waals surface area contributed by atoms with Crippen molar-refractivity contribution in [2.75, 3.05) is 0 Å². The van der Waals surface area contributed by atoms with Crippen molar-refractivity contribution in [3.63, 3.8) is 0 Å². The minimum absolute atomic E-state index is 0.751. The summed E-state index contributed by atoms with van der Waals surface area (Å²) in [4.78, 5) is 0. The summed E-state index contributed by atoms with van der Waals surface area (Å²) in [5.74, 6) is 0. The van der Waals surface area contributed by atoms with E-state index in [0.717, 1.165) is 22.3 Å². The quantitative estimate of drug-likeness (QED) is 0.415. The summed E-state index contributed by atoms with van der Waals surface area (Å²) in [6.07, 6.45) is 8.52. The predicted molar refractivity (Wildman–Crippen MR) is 97.5 cm³/mol. The van der Waals surface area contributed by atoms with Gasteiger partial charge in [-0.25, -0.2) is 0 Å². The van der Waals surface area contributed by atoms with Gasteiger partial charge < -0.3 is 4.57 Å². The third-order valence-electron chi connectivity index (χ3n) is 3.51. The maximum absolute atomic E-state index is 14.0. The van der Waals surface area contributed by atoms with Crippen molar-refractivity contribution in [3.8, 4) is 0 Å². The molecule has 0 aliphatic rings. The molecule has 0 unspecified atom stereocenters. The van der Waals surface area contributed by atoms with E-state index in [1.165, 1.54) is 0 Å². The van der Waals surface area contributed by atoms with Crippen LogP contribution in [0.1, 0.15) is 13.3 Å². The van der Waals surface area contributed by atoms with Crippen LogP contribution < -0.4 is 10.6 Å². The van der Waals surface area contributed by atoms with E-state index in [1.807, 2.05) is 85.8 Å². The number of hydrogen-bond acceptors (Lipinski definition) is 1. The maximum Gasteiger partial charge on any atom is 0.170 e. The minimum atomic E-state index is -2.87. The van der Waals surface area contributed by atoms with E-state index in [1.54, 1.807) is 6.08 Å². The molecule has 0 amide bonds. The van der Waals surface area contributed by atoms with E-state index in [4.69, 9.17) is 0 Å². The first-order valence-electron chi connectivity index (χ1n) is 7.39. The Hall–Kier alpha value is -2.11. The maximum atomic E-state index is 14.0. The molecule has 2 aromatic rings. The summed E-state index contributed by atoms with van der Waals surface area (Å²) in [6, 6.07) is 19.3. The van der Waals surface area contributed by atoms with Crippen molar-refractivity contribution < 1.29 is 4.57 Å². The molecule has 0 N–H and O–H groups in total. The second-order valence-corrected chi connectivity index (χ2v) is 7.69. The Kier molecular flexibility index (Phi) is 5.75. The van der Waals surface area contributed by atoms with Gasteiger partial charge in [0.05, 0.1) is 0 Å². The Morgan fingerprint density at radius 1 is 1.00 bits per heavy atom. The van der Waals surface area contributed by atoms with Gasteiger partial charge in [-0.2, -0.15) is 0 Å². The monoisotopic (exact) mass is 308 g/mol. The summed E-state index contributed by atoms with van der Waals surface area (Å²) in [5, 5.41) is 2.48. The zero-order chi connectivity index (χ0) is 15.8. The third kappa shape index (κ3) is 3.37. The molecule has 0 atom stereocenters. The second kappa shape index (κ2) is 7.77. The van der Waals surface area contributed by atoms with Gasteiger partial charge in [0.15, 0.2) is 7.14 Å². The SMILES string of the molecule is C=C/C(=C/C/C=C\C)P(=O)(c1ccccc1)c1ccccc1. The van der Waals surface area contributed by atoms with Crippen molar-refractivity contribution in [2.45, 2.75) is 13.3 Å². The Morgan fingerprint density at radius 2 is 1.50 bits per heavy atom. The standard InChI is InChI=1S/C20H21OP/c1-3-5-8-13-18(4-2)22(21,19-14-9-6-10-15-19)20-16-11-7-12-17-20/h3-7,9-17H,2,8H2,1H3/b5-3-,18-13-. The molecule has 0 aliphatic heterocycles. The van der Waals surface area contributed by atoms with Gasteiger partial charge in [0.25, 0.3) is 0 Å². The molecule has 112 valence electrons. The van der Waals surface area contributed by atoms with Gasteiger partial charge in [0.1, 0.15) is 0 Å². The molecule has 0 fully saturated rings. The molecule has 0 saturated heterocycles. The molecule has 22 heavy (non-hydrogen) atoms. The molecule has 2 aromatic carbocycles. The fraction of sp³-hybridized carbons (Fsp3) is 0.100. The van der Waals surface area contributed by atoms with Crippen LogP contribution >= 0.6 is 7.14 Å². The van der Waals surface area contributed by atoms with Crippen LogP contribution in [-0.2, 0) is 4.57 Å². The molecule has 2 rings (SSSR count). The highest BCUT2D eigenvalue weighted by molar-refractivity contribution is 7.82. The predicted octanol–water partition coefficient (Wildman–Crippen LogP) is 5.04. The van der Waals surface area contributed by atoms with E-state index in [2.05, 4.69) is 6.58 Å². The number of hydrogen-bond donors (Lipinski definition) is 0. The highest BCUT2D eigenvalue weighted by Crippen LogP contribution is 2.52. The van der Waals surface area contributed by atoms with Gasteiger partial charge in [-0.1, -0.05) is 91.5 Å². The molecule has 0 spiro atoms. The van der Waals surface area contributed by atoms with Gasteiger partial charge in [-0.05, 0) is 13.3 Å². The molecule has 2 heteroatoms. The van der Waals surface area contributed by atoms with Crippen molar-refractivity contribution in [3.05, 3.63) is 96.9 Å². The topological polar surface area (TPSA) is 17.1 Å². The Morgan fingerprint density at radius 3 is 1.91 bits per heavy atom. The van der Waals surface area contributed by atoms with Crippen LogP contribution in [0.3, 0.4) is 0 Å². The van der Waals surface area contributed by atoms with Crippen LogP contribution in [-0.4, -0.2) is 0 Å². The van der Waals surface area contributed by atoms with E-state index in [9.17, 15) is 4.57 Å². The van der Waals surface area contributed by atoms with Crippen LogP contribution in [0.2, 0.25) is 0 Å². The van der Waals surface area contributed by atoms with Crippen molar-refractivity contribution >= 4 is 17.8 Å². The molecular weight excluding hydrogens is 287 g/mol. The third-order valence-corrected chi connectivity index (χ3v) is 6.65. The van der Waals surface area contributed by atoms with Crippen molar-refractivity contribution in [1.29, 1.82) is 0 Å². The fourth-order valence-corrected chi connectivity index (χ4v) is 5.09. The lowest BCUT2D eigenvalue weighted by Gasteiger charge is -2.20. The van der Waals surface area contributed by atoms with Crippen LogP contribution in [0.4, 0.5) is 0 Å².